The number of carbonyl (C=O) groups is 1. The van der Waals surface area contributed by atoms with Gasteiger partial charge in [-0.1, -0.05) is 17.7 Å². The Labute approximate surface area is 116 Å². The lowest BCUT2D eigenvalue weighted by Crippen LogP contribution is -2.06. The molecule has 1 aromatic heterocycles. The van der Waals surface area contributed by atoms with Crippen LogP contribution in [0.3, 0.4) is 0 Å². The Balaban J connectivity index is 2.27. The molecule has 0 bridgehead atoms. The predicted octanol–water partition coefficient (Wildman–Crippen LogP) is 3.37. The molecular weight excluding hydrogens is 264 g/mol. The van der Waals surface area contributed by atoms with Crippen LogP contribution in [0.2, 0.25) is 5.02 Å². The zero-order valence-corrected chi connectivity index (χ0v) is 11.4. The average Bonchev–Trinajstić information content (AvgIpc) is 2.39. The summed E-state index contributed by atoms with van der Waals surface area (Å²) >= 11 is 6.08. The van der Waals surface area contributed by atoms with Gasteiger partial charge in [0.25, 0.3) is 0 Å². The van der Waals surface area contributed by atoms with Crippen LogP contribution in [-0.4, -0.2) is 18.0 Å². The van der Waals surface area contributed by atoms with Crippen LogP contribution >= 0.6 is 11.6 Å². The highest BCUT2D eigenvalue weighted by Gasteiger charge is 2.05. The molecule has 1 heterocycles. The Morgan fingerprint density at radius 1 is 1.26 bits per heavy atom. The molecule has 0 radical (unpaired) electrons. The van der Waals surface area contributed by atoms with E-state index in [1.54, 1.807) is 25.4 Å². The zero-order valence-electron chi connectivity index (χ0n) is 10.6. The Kier molecular flexibility index (Phi) is 4.02. The van der Waals surface area contributed by atoms with Crippen molar-refractivity contribution in [2.24, 2.45) is 0 Å². The van der Waals surface area contributed by atoms with Gasteiger partial charge in [0.1, 0.15) is 11.6 Å². The van der Waals surface area contributed by atoms with E-state index in [0.717, 1.165) is 11.1 Å². The van der Waals surface area contributed by atoms with Gasteiger partial charge in [-0.3, -0.25) is 4.79 Å². The maximum absolute atomic E-state index is 10.9. The van der Waals surface area contributed by atoms with Crippen molar-refractivity contribution in [3.8, 4) is 16.9 Å². The van der Waals surface area contributed by atoms with E-state index in [4.69, 9.17) is 16.3 Å². The fourth-order valence-electron chi connectivity index (χ4n) is 1.66. The van der Waals surface area contributed by atoms with Crippen molar-refractivity contribution in [1.82, 2.24) is 4.98 Å². The highest BCUT2D eigenvalue weighted by molar-refractivity contribution is 6.32. The van der Waals surface area contributed by atoms with E-state index in [9.17, 15) is 4.79 Å². The fourth-order valence-corrected chi connectivity index (χ4v) is 1.92. The number of anilines is 1. The van der Waals surface area contributed by atoms with Crippen LogP contribution in [0, 0.1) is 0 Å². The normalized spacial score (nSPS) is 10.1. The second-order valence-electron chi connectivity index (χ2n) is 3.96. The second kappa shape index (κ2) is 5.71. The molecule has 0 saturated carbocycles. The molecule has 0 atom stereocenters. The molecule has 0 spiro atoms. The summed E-state index contributed by atoms with van der Waals surface area (Å²) in [5.74, 6) is 1.01. The number of hydrogen-bond donors (Lipinski definition) is 1. The van der Waals surface area contributed by atoms with E-state index >= 15 is 0 Å². The minimum absolute atomic E-state index is 0.146. The standard InChI is InChI=1S/C14H13ClN2O2/c1-9(18)17-14-6-4-11(8-16-14)10-3-5-13(19-2)12(15)7-10/h3-8H,1-2H3,(H,16,17,18). The van der Waals surface area contributed by atoms with Gasteiger partial charge in [0.15, 0.2) is 0 Å². The molecule has 2 aromatic rings. The van der Waals surface area contributed by atoms with Crippen molar-refractivity contribution in [3.63, 3.8) is 0 Å². The van der Waals surface area contributed by atoms with E-state index in [1.165, 1.54) is 6.92 Å². The van der Waals surface area contributed by atoms with Crippen LogP contribution in [0.5, 0.6) is 5.75 Å². The molecule has 0 saturated heterocycles. The smallest absolute Gasteiger partial charge is 0.222 e. The van der Waals surface area contributed by atoms with Crippen molar-refractivity contribution in [2.75, 3.05) is 12.4 Å². The SMILES string of the molecule is COc1ccc(-c2ccc(NC(C)=O)nc2)cc1Cl. The molecule has 19 heavy (non-hydrogen) atoms. The number of hydrogen-bond acceptors (Lipinski definition) is 3. The summed E-state index contributed by atoms with van der Waals surface area (Å²) in [6, 6.07) is 9.14. The van der Waals surface area contributed by atoms with Gasteiger partial charge in [0.05, 0.1) is 12.1 Å². The molecule has 5 heteroatoms. The summed E-state index contributed by atoms with van der Waals surface area (Å²) < 4.78 is 5.10. The van der Waals surface area contributed by atoms with Crippen LogP contribution in [0.1, 0.15) is 6.92 Å². The number of pyridine rings is 1. The van der Waals surface area contributed by atoms with Crippen LogP contribution in [0.15, 0.2) is 36.5 Å². The first-order chi connectivity index (χ1) is 9.10. The lowest BCUT2D eigenvalue weighted by Gasteiger charge is -2.07. The van der Waals surface area contributed by atoms with E-state index in [1.807, 2.05) is 18.2 Å². The van der Waals surface area contributed by atoms with Crippen LogP contribution in [0.25, 0.3) is 11.1 Å². The Hall–Kier alpha value is -2.07. The van der Waals surface area contributed by atoms with Gasteiger partial charge >= 0.3 is 0 Å². The maximum atomic E-state index is 10.9. The third kappa shape index (κ3) is 3.23. The van der Waals surface area contributed by atoms with Crippen molar-refractivity contribution in [3.05, 3.63) is 41.6 Å². The average molecular weight is 277 g/mol. The molecule has 0 aliphatic heterocycles. The number of rotatable bonds is 3. The molecule has 0 fully saturated rings. The number of amides is 1. The Bertz CT molecular complexity index is 597. The van der Waals surface area contributed by atoms with Crippen LogP contribution in [0.4, 0.5) is 5.82 Å². The first-order valence-electron chi connectivity index (χ1n) is 5.67. The fraction of sp³-hybridized carbons (Fsp3) is 0.143. The number of methoxy groups -OCH3 is 1. The van der Waals surface area contributed by atoms with Gasteiger partial charge in [-0.05, 0) is 29.8 Å². The lowest BCUT2D eigenvalue weighted by molar-refractivity contribution is -0.114. The minimum atomic E-state index is -0.146. The van der Waals surface area contributed by atoms with Gasteiger partial charge in [0, 0.05) is 18.7 Å². The number of nitrogens with one attached hydrogen (secondary N) is 1. The van der Waals surface area contributed by atoms with Gasteiger partial charge in [0.2, 0.25) is 5.91 Å². The molecule has 2 rings (SSSR count). The van der Waals surface area contributed by atoms with Gasteiger partial charge < -0.3 is 10.1 Å². The molecule has 1 amide bonds. The van der Waals surface area contributed by atoms with Crippen LogP contribution in [-0.2, 0) is 4.79 Å². The van der Waals surface area contributed by atoms with Crippen molar-refractivity contribution >= 4 is 23.3 Å². The summed E-state index contributed by atoms with van der Waals surface area (Å²) in [5, 5.41) is 3.16. The van der Waals surface area contributed by atoms with Crippen LogP contribution < -0.4 is 10.1 Å². The molecule has 0 aliphatic rings. The summed E-state index contributed by atoms with van der Waals surface area (Å²) in [6.45, 7) is 1.44. The maximum Gasteiger partial charge on any atom is 0.222 e. The molecule has 0 aliphatic carbocycles. The summed E-state index contributed by atoms with van der Waals surface area (Å²) in [7, 11) is 1.57. The van der Waals surface area contributed by atoms with E-state index in [0.29, 0.717) is 16.6 Å². The van der Waals surface area contributed by atoms with E-state index in [2.05, 4.69) is 10.3 Å². The van der Waals surface area contributed by atoms with Crippen molar-refractivity contribution in [1.29, 1.82) is 0 Å². The molecule has 4 nitrogen and oxygen atoms in total. The lowest BCUT2D eigenvalue weighted by atomic mass is 10.1. The molecule has 98 valence electrons. The van der Waals surface area contributed by atoms with Crippen molar-refractivity contribution < 1.29 is 9.53 Å². The summed E-state index contributed by atoms with van der Waals surface area (Å²) in [4.78, 5) is 15.1. The predicted molar refractivity (Wildman–Crippen MR) is 75.5 cm³/mol. The second-order valence-corrected chi connectivity index (χ2v) is 4.37. The molecule has 1 aromatic carbocycles. The van der Waals surface area contributed by atoms with E-state index in [-0.39, 0.29) is 5.91 Å². The highest BCUT2D eigenvalue weighted by Crippen LogP contribution is 2.30. The largest absolute Gasteiger partial charge is 0.495 e. The number of aromatic nitrogens is 1. The minimum Gasteiger partial charge on any atom is -0.495 e. The Morgan fingerprint density at radius 2 is 2.00 bits per heavy atom. The number of ether oxygens (including phenoxy) is 1. The first-order valence-corrected chi connectivity index (χ1v) is 6.05. The molecule has 1 N–H and O–H groups in total. The number of benzene rings is 1. The molecular formula is C14H13ClN2O2. The number of nitrogens with zero attached hydrogens (tertiary/aromatic N) is 1. The Morgan fingerprint density at radius 3 is 2.53 bits per heavy atom. The number of carbonyl (C=O) groups excluding carboxylic acids is 1. The quantitative estimate of drug-likeness (QED) is 0.935. The topological polar surface area (TPSA) is 51.2 Å². The van der Waals surface area contributed by atoms with E-state index < -0.39 is 0 Å². The summed E-state index contributed by atoms with van der Waals surface area (Å²) in [5.41, 5.74) is 1.85. The monoisotopic (exact) mass is 276 g/mol. The highest BCUT2D eigenvalue weighted by atomic mass is 35.5. The van der Waals surface area contributed by atoms with Gasteiger partial charge in [-0.25, -0.2) is 4.98 Å². The van der Waals surface area contributed by atoms with Crippen molar-refractivity contribution in [2.45, 2.75) is 6.92 Å². The zero-order chi connectivity index (χ0) is 13.8. The third-order valence-electron chi connectivity index (χ3n) is 2.55. The van der Waals surface area contributed by atoms with Gasteiger partial charge in [-0.15, -0.1) is 0 Å². The first kappa shape index (κ1) is 13.4. The number of halogens is 1. The summed E-state index contributed by atoms with van der Waals surface area (Å²) in [6.07, 6.45) is 1.68. The molecule has 0 unspecified atom stereocenters. The van der Waals surface area contributed by atoms with Gasteiger partial charge in [-0.2, -0.15) is 0 Å². The third-order valence-corrected chi connectivity index (χ3v) is 2.85.